The van der Waals surface area contributed by atoms with E-state index in [1.165, 1.54) is 0 Å². The van der Waals surface area contributed by atoms with E-state index in [2.05, 4.69) is 21.3 Å². The Labute approximate surface area is 199 Å². The maximum Gasteiger partial charge on any atom is 0.253 e. The summed E-state index contributed by atoms with van der Waals surface area (Å²) < 4.78 is 0. The van der Waals surface area contributed by atoms with Crippen molar-refractivity contribution in [3.63, 3.8) is 0 Å². The lowest BCUT2D eigenvalue weighted by atomic mass is 10.1. The lowest BCUT2D eigenvalue weighted by Gasteiger charge is -2.14. The predicted octanol–water partition coefficient (Wildman–Crippen LogP) is 3.87. The molecule has 7 heteroatoms. The molecule has 0 aromatic heterocycles. The van der Waals surface area contributed by atoms with Gasteiger partial charge in [-0.2, -0.15) is 0 Å². The second kappa shape index (κ2) is 10.7. The first-order valence-electron chi connectivity index (χ1n) is 11.4. The van der Waals surface area contributed by atoms with Crippen LogP contribution in [0, 0.1) is 6.92 Å². The third-order valence-corrected chi connectivity index (χ3v) is 5.54. The van der Waals surface area contributed by atoms with Crippen molar-refractivity contribution in [1.29, 1.82) is 0 Å². The second-order valence-electron chi connectivity index (χ2n) is 8.41. The summed E-state index contributed by atoms with van der Waals surface area (Å²) in [6.45, 7) is 2.35. The minimum Gasteiger partial charge on any atom is -0.376 e. The molecule has 174 valence electrons. The number of amides is 3. The first-order chi connectivity index (χ1) is 16.5. The molecule has 3 aromatic carbocycles. The molecule has 1 aliphatic rings. The van der Waals surface area contributed by atoms with E-state index in [1.807, 2.05) is 37.3 Å². The number of hydrogen-bond acceptors (Lipinski definition) is 4. The molecule has 1 fully saturated rings. The summed E-state index contributed by atoms with van der Waals surface area (Å²) in [7, 11) is 0. The SMILES string of the molecule is Cc1ccc(CNC(=O)c2ccccc2NC(=O)CNc2ccccc2C(=O)NC2CC2)cc1. The van der Waals surface area contributed by atoms with Gasteiger partial charge in [-0.1, -0.05) is 54.1 Å². The number of carbonyl (C=O) groups excluding carboxylic acids is 3. The Morgan fingerprint density at radius 3 is 2.09 bits per heavy atom. The van der Waals surface area contributed by atoms with Gasteiger partial charge in [0.05, 0.1) is 23.4 Å². The van der Waals surface area contributed by atoms with Gasteiger partial charge in [0.25, 0.3) is 11.8 Å². The summed E-state index contributed by atoms with van der Waals surface area (Å²) in [5, 5.41) is 11.7. The van der Waals surface area contributed by atoms with E-state index in [0.29, 0.717) is 29.0 Å². The Bertz CT molecular complexity index is 1190. The van der Waals surface area contributed by atoms with Gasteiger partial charge < -0.3 is 21.3 Å². The smallest absolute Gasteiger partial charge is 0.253 e. The van der Waals surface area contributed by atoms with Gasteiger partial charge in [-0.3, -0.25) is 14.4 Å². The normalized spacial score (nSPS) is 12.5. The van der Waals surface area contributed by atoms with Gasteiger partial charge in [0.2, 0.25) is 5.91 Å². The number of para-hydroxylation sites is 2. The Morgan fingerprint density at radius 1 is 0.794 bits per heavy atom. The highest BCUT2D eigenvalue weighted by atomic mass is 16.2. The molecule has 0 bridgehead atoms. The zero-order valence-corrected chi connectivity index (χ0v) is 19.1. The number of carbonyl (C=O) groups is 3. The van der Waals surface area contributed by atoms with Crippen LogP contribution in [0.4, 0.5) is 11.4 Å². The molecule has 0 saturated heterocycles. The Hall–Kier alpha value is -4.13. The summed E-state index contributed by atoms with van der Waals surface area (Å²) in [4.78, 5) is 37.8. The van der Waals surface area contributed by atoms with Crippen molar-refractivity contribution < 1.29 is 14.4 Å². The first kappa shape index (κ1) is 23.0. The molecule has 3 amide bonds. The monoisotopic (exact) mass is 456 g/mol. The standard InChI is InChI=1S/C27H28N4O3/c1-18-10-12-19(13-11-18)16-29-26(33)22-7-3-5-9-24(22)31-25(32)17-28-23-8-4-2-6-21(23)27(34)30-20-14-15-20/h2-13,20,28H,14-17H2,1H3,(H,29,33)(H,30,34)(H,31,32). The number of aryl methyl sites for hydroxylation is 1. The van der Waals surface area contributed by atoms with E-state index in [-0.39, 0.29) is 30.3 Å². The molecule has 7 nitrogen and oxygen atoms in total. The first-order valence-corrected chi connectivity index (χ1v) is 11.4. The lowest BCUT2D eigenvalue weighted by molar-refractivity contribution is -0.114. The summed E-state index contributed by atoms with van der Waals surface area (Å²) in [6, 6.07) is 22.1. The van der Waals surface area contributed by atoms with Crippen molar-refractivity contribution in [2.75, 3.05) is 17.2 Å². The molecule has 4 N–H and O–H groups in total. The van der Waals surface area contributed by atoms with Crippen molar-refractivity contribution in [3.05, 3.63) is 95.1 Å². The van der Waals surface area contributed by atoms with Crippen LogP contribution in [0.3, 0.4) is 0 Å². The molecule has 34 heavy (non-hydrogen) atoms. The summed E-state index contributed by atoms with van der Waals surface area (Å²) >= 11 is 0. The van der Waals surface area contributed by atoms with Crippen LogP contribution in [-0.2, 0) is 11.3 Å². The van der Waals surface area contributed by atoms with Gasteiger partial charge in [-0.25, -0.2) is 0 Å². The maximum atomic E-state index is 12.8. The quantitative estimate of drug-likeness (QED) is 0.393. The summed E-state index contributed by atoms with van der Waals surface area (Å²) in [5.74, 6) is -0.746. The van der Waals surface area contributed by atoms with Crippen molar-refractivity contribution >= 4 is 29.1 Å². The highest BCUT2D eigenvalue weighted by Crippen LogP contribution is 2.22. The molecular weight excluding hydrogens is 428 g/mol. The van der Waals surface area contributed by atoms with Crippen LogP contribution in [-0.4, -0.2) is 30.3 Å². The lowest BCUT2D eigenvalue weighted by Crippen LogP contribution is -2.28. The zero-order valence-electron chi connectivity index (χ0n) is 19.1. The van der Waals surface area contributed by atoms with Gasteiger partial charge in [0.15, 0.2) is 0 Å². The highest BCUT2D eigenvalue weighted by molar-refractivity contribution is 6.05. The fraction of sp³-hybridized carbons (Fsp3) is 0.222. The molecule has 0 spiro atoms. The van der Waals surface area contributed by atoms with Crippen LogP contribution in [0.2, 0.25) is 0 Å². The second-order valence-corrected chi connectivity index (χ2v) is 8.41. The molecule has 0 unspecified atom stereocenters. The number of hydrogen-bond donors (Lipinski definition) is 4. The minimum atomic E-state index is -0.323. The van der Waals surface area contributed by atoms with Gasteiger partial charge in [0.1, 0.15) is 0 Å². The Kier molecular flexibility index (Phi) is 7.22. The van der Waals surface area contributed by atoms with E-state index < -0.39 is 0 Å². The third-order valence-electron chi connectivity index (χ3n) is 5.54. The van der Waals surface area contributed by atoms with E-state index >= 15 is 0 Å². The van der Waals surface area contributed by atoms with Crippen LogP contribution in [0.15, 0.2) is 72.8 Å². The molecule has 1 saturated carbocycles. The molecule has 4 rings (SSSR count). The van der Waals surface area contributed by atoms with Crippen molar-refractivity contribution in [3.8, 4) is 0 Å². The summed E-state index contributed by atoms with van der Waals surface area (Å²) in [5.41, 5.74) is 4.04. The molecule has 1 aliphatic carbocycles. The molecule has 0 aliphatic heterocycles. The number of anilines is 2. The highest BCUT2D eigenvalue weighted by Gasteiger charge is 2.24. The number of benzene rings is 3. The summed E-state index contributed by atoms with van der Waals surface area (Å²) in [6.07, 6.45) is 2.00. The van der Waals surface area contributed by atoms with Crippen molar-refractivity contribution in [2.24, 2.45) is 0 Å². The van der Waals surface area contributed by atoms with Crippen molar-refractivity contribution in [2.45, 2.75) is 32.4 Å². The van der Waals surface area contributed by atoms with Crippen LogP contribution < -0.4 is 21.3 Å². The Balaban J connectivity index is 1.35. The van der Waals surface area contributed by atoms with Crippen LogP contribution in [0.25, 0.3) is 0 Å². The molecule has 3 aromatic rings. The van der Waals surface area contributed by atoms with Crippen LogP contribution in [0.5, 0.6) is 0 Å². The fourth-order valence-electron chi connectivity index (χ4n) is 3.47. The van der Waals surface area contributed by atoms with E-state index in [1.54, 1.807) is 42.5 Å². The largest absolute Gasteiger partial charge is 0.376 e. The van der Waals surface area contributed by atoms with Gasteiger partial charge in [0, 0.05) is 18.3 Å². The van der Waals surface area contributed by atoms with Crippen molar-refractivity contribution in [1.82, 2.24) is 10.6 Å². The van der Waals surface area contributed by atoms with Gasteiger partial charge in [-0.05, 0) is 49.6 Å². The Morgan fingerprint density at radius 2 is 1.41 bits per heavy atom. The van der Waals surface area contributed by atoms with E-state index in [4.69, 9.17) is 0 Å². The van der Waals surface area contributed by atoms with Crippen LogP contribution >= 0.6 is 0 Å². The number of nitrogens with one attached hydrogen (secondary N) is 4. The molecule has 0 radical (unpaired) electrons. The van der Waals surface area contributed by atoms with Gasteiger partial charge >= 0.3 is 0 Å². The van der Waals surface area contributed by atoms with E-state index in [9.17, 15) is 14.4 Å². The maximum absolute atomic E-state index is 12.8. The molecule has 0 heterocycles. The third kappa shape index (κ3) is 6.22. The van der Waals surface area contributed by atoms with Gasteiger partial charge in [-0.15, -0.1) is 0 Å². The van der Waals surface area contributed by atoms with E-state index in [0.717, 1.165) is 24.0 Å². The minimum absolute atomic E-state index is 0.0486. The zero-order chi connectivity index (χ0) is 23.9. The topological polar surface area (TPSA) is 99.3 Å². The average Bonchev–Trinajstić information content (AvgIpc) is 3.66. The van der Waals surface area contributed by atoms with Crippen LogP contribution in [0.1, 0.15) is 44.7 Å². The average molecular weight is 457 g/mol. The number of rotatable bonds is 9. The molecular formula is C27H28N4O3. The molecule has 0 atom stereocenters. The predicted molar refractivity (Wildman–Crippen MR) is 133 cm³/mol. The fourth-order valence-corrected chi connectivity index (χ4v) is 3.47.